The Balaban J connectivity index is 1.39. The van der Waals surface area contributed by atoms with Crippen molar-refractivity contribution in [2.75, 3.05) is 13.2 Å². The molecule has 3 rings (SSSR count). The highest BCUT2D eigenvalue weighted by molar-refractivity contribution is 5.92. The molecule has 1 N–H and O–H groups in total. The summed E-state index contributed by atoms with van der Waals surface area (Å²) in [6, 6.07) is 17.2. The van der Waals surface area contributed by atoms with E-state index in [1.165, 1.54) is 36.4 Å². The Morgan fingerprint density at radius 1 is 0.737 bits per heavy atom. The quantitative estimate of drug-likeness (QED) is 0.131. The van der Waals surface area contributed by atoms with Crippen LogP contribution in [0.2, 0.25) is 0 Å². The number of rotatable bonds is 13. The number of phenols is 1. The lowest BCUT2D eigenvalue weighted by Crippen LogP contribution is -2.10. The predicted molar refractivity (Wildman–Crippen MR) is 141 cm³/mol. The monoisotopic (exact) mass is 518 g/mol. The summed E-state index contributed by atoms with van der Waals surface area (Å²) in [5.41, 5.74) is 1.25. The van der Waals surface area contributed by atoms with E-state index in [4.69, 9.17) is 18.9 Å². The third-order valence-corrected chi connectivity index (χ3v) is 5.49. The summed E-state index contributed by atoms with van der Waals surface area (Å²) in [5.74, 6) is -0.155. The van der Waals surface area contributed by atoms with E-state index < -0.39 is 17.9 Å². The van der Waals surface area contributed by atoms with Crippen molar-refractivity contribution in [1.29, 1.82) is 0 Å². The first-order chi connectivity index (χ1) is 18.4. The molecule has 0 spiro atoms. The van der Waals surface area contributed by atoms with Crippen LogP contribution in [0.4, 0.5) is 0 Å². The molecule has 198 valence electrons. The van der Waals surface area contributed by atoms with Gasteiger partial charge in [0.15, 0.2) is 0 Å². The van der Waals surface area contributed by atoms with Crippen LogP contribution in [0.15, 0.2) is 79.4 Å². The maximum Gasteiger partial charge on any atom is 0.343 e. The van der Waals surface area contributed by atoms with Crippen molar-refractivity contribution in [3.05, 3.63) is 96.1 Å². The Bertz CT molecular complexity index is 1250. The highest BCUT2D eigenvalue weighted by atomic mass is 16.5. The summed E-state index contributed by atoms with van der Waals surface area (Å²) in [4.78, 5) is 35.7. The van der Waals surface area contributed by atoms with Gasteiger partial charge in [0.1, 0.15) is 23.0 Å². The Kier molecular flexibility index (Phi) is 10.5. The average molecular weight is 519 g/mol. The normalized spacial score (nSPS) is 10.3. The molecule has 0 saturated heterocycles. The van der Waals surface area contributed by atoms with E-state index in [9.17, 15) is 19.5 Å². The number of aryl methyl sites for hydroxylation is 1. The molecule has 0 bridgehead atoms. The Hall–Kier alpha value is -4.59. The molecule has 38 heavy (non-hydrogen) atoms. The van der Waals surface area contributed by atoms with E-state index in [2.05, 4.69) is 6.58 Å². The Labute approximate surface area is 221 Å². The molecule has 0 aromatic heterocycles. The van der Waals surface area contributed by atoms with Crippen LogP contribution >= 0.6 is 0 Å². The molecule has 3 aromatic rings. The zero-order valence-corrected chi connectivity index (χ0v) is 21.2. The van der Waals surface area contributed by atoms with Gasteiger partial charge in [-0.1, -0.05) is 6.58 Å². The van der Waals surface area contributed by atoms with E-state index in [1.54, 1.807) is 37.3 Å². The van der Waals surface area contributed by atoms with Crippen molar-refractivity contribution < 1.29 is 38.4 Å². The second-order valence-electron chi connectivity index (χ2n) is 8.41. The van der Waals surface area contributed by atoms with Crippen LogP contribution in [0.5, 0.6) is 23.0 Å². The summed E-state index contributed by atoms with van der Waals surface area (Å²) in [7, 11) is 0. The maximum atomic E-state index is 12.5. The van der Waals surface area contributed by atoms with Crippen molar-refractivity contribution in [1.82, 2.24) is 0 Å². The minimum Gasteiger partial charge on any atom is -0.508 e. The molecule has 8 heteroatoms. The zero-order chi connectivity index (χ0) is 27.3. The third-order valence-electron chi connectivity index (χ3n) is 5.49. The number of unbranched alkanes of at least 4 members (excludes halogenated alkanes) is 3. The van der Waals surface area contributed by atoms with Crippen LogP contribution in [0.3, 0.4) is 0 Å². The summed E-state index contributed by atoms with van der Waals surface area (Å²) >= 11 is 0. The van der Waals surface area contributed by atoms with E-state index in [1.807, 2.05) is 0 Å². The average Bonchev–Trinajstić information content (AvgIpc) is 2.92. The summed E-state index contributed by atoms with van der Waals surface area (Å²) in [6.45, 7) is 5.97. The topological polar surface area (TPSA) is 108 Å². The van der Waals surface area contributed by atoms with Crippen molar-refractivity contribution >= 4 is 17.9 Å². The molecule has 0 aliphatic carbocycles. The van der Waals surface area contributed by atoms with E-state index in [0.717, 1.165) is 31.8 Å². The van der Waals surface area contributed by atoms with Crippen molar-refractivity contribution in [2.24, 2.45) is 0 Å². The van der Waals surface area contributed by atoms with Gasteiger partial charge in [-0.25, -0.2) is 14.4 Å². The number of carbonyl (C=O) groups excluding carboxylic acids is 3. The largest absolute Gasteiger partial charge is 0.508 e. The number of carbonyl (C=O) groups is 3. The number of ether oxygens (including phenoxy) is 4. The molecule has 0 atom stereocenters. The second-order valence-corrected chi connectivity index (χ2v) is 8.41. The minimum atomic E-state index is -0.563. The molecule has 0 aliphatic rings. The molecule has 0 unspecified atom stereocenters. The number of phenolic OH excluding ortho intramolecular Hbond substituents is 1. The van der Waals surface area contributed by atoms with Gasteiger partial charge in [-0.2, -0.15) is 0 Å². The van der Waals surface area contributed by atoms with Crippen molar-refractivity contribution in [3.63, 3.8) is 0 Å². The van der Waals surface area contributed by atoms with Gasteiger partial charge in [-0.05, 0) is 105 Å². The fourth-order valence-electron chi connectivity index (χ4n) is 3.36. The van der Waals surface area contributed by atoms with Gasteiger partial charge in [-0.15, -0.1) is 0 Å². The van der Waals surface area contributed by atoms with Crippen LogP contribution in [-0.4, -0.2) is 36.2 Å². The molecule has 0 saturated carbocycles. The third kappa shape index (κ3) is 8.81. The molecular weight excluding hydrogens is 488 g/mol. The highest BCUT2D eigenvalue weighted by Crippen LogP contribution is 2.22. The highest BCUT2D eigenvalue weighted by Gasteiger charge is 2.12. The molecule has 0 fully saturated rings. The smallest absolute Gasteiger partial charge is 0.343 e. The second kappa shape index (κ2) is 14.2. The number of esters is 3. The fraction of sp³-hybridized carbons (Fsp3) is 0.233. The van der Waals surface area contributed by atoms with Crippen LogP contribution < -0.4 is 14.2 Å². The molecule has 0 amide bonds. The molecule has 0 heterocycles. The van der Waals surface area contributed by atoms with Gasteiger partial charge in [0.2, 0.25) is 0 Å². The lowest BCUT2D eigenvalue weighted by atomic mass is 10.1. The Morgan fingerprint density at radius 2 is 1.26 bits per heavy atom. The predicted octanol–water partition coefficient (Wildman–Crippen LogP) is 5.81. The summed E-state index contributed by atoms with van der Waals surface area (Å²) < 4.78 is 21.4. The van der Waals surface area contributed by atoms with Gasteiger partial charge >= 0.3 is 17.9 Å². The van der Waals surface area contributed by atoms with Gasteiger partial charge in [-0.3, -0.25) is 0 Å². The van der Waals surface area contributed by atoms with E-state index in [0.29, 0.717) is 41.4 Å². The van der Waals surface area contributed by atoms with Gasteiger partial charge in [0.05, 0.1) is 24.3 Å². The van der Waals surface area contributed by atoms with Crippen molar-refractivity contribution in [3.8, 4) is 23.0 Å². The van der Waals surface area contributed by atoms with Crippen LogP contribution in [0.25, 0.3) is 0 Å². The molecule has 0 radical (unpaired) electrons. The number of aromatic hydroxyl groups is 1. The van der Waals surface area contributed by atoms with Crippen LogP contribution in [0.1, 0.15) is 52.0 Å². The Morgan fingerprint density at radius 3 is 1.84 bits per heavy atom. The van der Waals surface area contributed by atoms with E-state index >= 15 is 0 Å². The van der Waals surface area contributed by atoms with Crippen LogP contribution in [-0.2, 0) is 9.53 Å². The minimum absolute atomic E-state index is 0.101. The van der Waals surface area contributed by atoms with Gasteiger partial charge in [0.25, 0.3) is 0 Å². The van der Waals surface area contributed by atoms with Gasteiger partial charge in [0, 0.05) is 6.08 Å². The molecule has 0 aliphatic heterocycles. The standard InChI is InChI=1S/C30H30O8/c1-3-28(32)36-19-7-5-4-6-18-35-24-11-8-22(9-12-24)29(33)37-25-13-15-26(16-14-25)38-30(34)23-10-17-27(31)21(2)20-23/h3,8-17,20,31H,1,4-7,18-19H2,2H3. The van der Waals surface area contributed by atoms with E-state index in [-0.39, 0.29) is 11.5 Å². The molecular formula is C30H30O8. The number of hydrogen-bond acceptors (Lipinski definition) is 8. The zero-order valence-electron chi connectivity index (χ0n) is 21.2. The molecule has 8 nitrogen and oxygen atoms in total. The van der Waals surface area contributed by atoms with Crippen molar-refractivity contribution in [2.45, 2.75) is 32.6 Å². The summed E-state index contributed by atoms with van der Waals surface area (Å²) in [5, 5.41) is 9.59. The number of hydrogen-bond donors (Lipinski definition) is 1. The lowest BCUT2D eigenvalue weighted by Gasteiger charge is -2.09. The fourth-order valence-corrected chi connectivity index (χ4v) is 3.36. The van der Waals surface area contributed by atoms with Crippen LogP contribution in [0, 0.1) is 6.92 Å². The number of benzene rings is 3. The SMILES string of the molecule is C=CC(=O)OCCCCCCOc1ccc(C(=O)Oc2ccc(OC(=O)c3ccc(O)c(C)c3)cc2)cc1. The summed E-state index contributed by atoms with van der Waals surface area (Å²) in [6.07, 6.45) is 4.69. The maximum absolute atomic E-state index is 12.5. The first-order valence-electron chi connectivity index (χ1n) is 12.2. The molecule has 3 aromatic carbocycles. The first-order valence-corrected chi connectivity index (χ1v) is 12.2. The first kappa shape index (κ1) is 28.0. The van der Waals surface area contributed by atoms with Gasteiger partial charge < -0.3 is 24.1 Å². The lowest BCUT2D eigenvalue weighted by molar-refractivity contribution is -0.137.